The second-order valence-corrected chi connectivity index (χ2v) is 2.00. The van der Waals surface area contributed by atoms with Gasteiger partial charge in [0, 0.05) is 0 Å². The van der Waals surface area contributed by atoms with Crippen LogP contribution in [-0.2, 0) is 0 Å². The zero-order valence-corrected chi connectivity index (χ0v) is 4.86. The Bertz CT molecular complexity index is 162. The summed E-state index contributed by atoms with van der Waals surface area (Å²) in [6, 6.07) is -0.463. The van der Waals surface area contributed by atoms with E-state index < -0.39 is 12.1 Å². The molecule has 0 radical (unpaired) electrons. The van der Waals surface area contributed by atoms with E-state index in [1.54, 1.807) is 12.2 Å². The Kier molecular flexibility index (Phi) is 1.55. The molecule has 0 aromatic heterocycles. The summed E-state index contributed by atoms with van der Waals surface area (Å²) in [5.74, 6) is -0.0648. The first-order valence-electron chi connectivity index (χ1n) is 2.73. The Morgan fingerprint density at radius 2 is 2.22 bits per heavy atom. The highest BCUT2D eigenvalue weighted by Gasteiger charge is 2.17. The van der Waals surface area contributed by atoms with Gasteiger partial charge in [-0.05, 0) is 6.08 Å². The molecule has 0 bridgehead atoms. The summed E-state index contributed by atoms with van der Waals surface area (Å²) in [5.41, 5.74) is 5.33. The lowest BCUT2D eigenvalue weighted by Crippen LogP contribution is -2.35. The first kappa shape index (κ1) is 6.32. The van der Waals surface area contributed by atoms with Crippen LogP contribution in [-0.4, -0.2) is 22.4 Å². The molecule has 0 aromatic carbocycles. The molecule has 3 nitrogen and oxygen atoms in total. The summed E-state index contributed by atoms with van der Waals surface area (Å²) < 4.78 is 0. The summed E-state index contributed by atoms with van der Waals surface area (Å²) >= 11 is 0. The van der Waals surface area contributed by atoms with E-state index in [-0.39, 0.29) is 5.76 Å². The molecule has 1 aliphatic rings. The van der Waals surface area contributed by atoms with E-state index in [9.17, 15) is 0 Å². The molecule has 2 atom stereocenters. The predicted octanol–water partition coefficient (Wildman–Crippen LogP) is -0.314. The highest BCUT2D eigenvalue weighted by atomic mass is 16.3. The molecule has 0 aromatic rings. The number of aliphatic hydroxyl groups excluding tert-OH is 2. The Morgan fingerprint density at radius 3 is 2.67 bits per heavy atom. The second kappa shape index (κ2) is 2.21. The van der Waals surface area contributed by atoms with Gasteiger partial charge in [0.05, 0.1) is 6.04 Å². The van der Waals surface area contributed by atoms with Gasteiger partial charge in [0.15, 0.2) is 0 Å². The maximum atomic E-state index is 8.95. The van der Waals surface area contributed by atoms with Gasteiger partial charge in [0.25, 0.3) is 0 Å². The number of hydrogen-bond donors (Lipinski definition) is 3. The van der Waals surface area contributed by atoms with Crippen molar-refractivity contribution in [2.75, 3.05) is 0 Å². The van der Waals surface area contributed by atoms with E-state index >= 15 is 0 Å². The highest BCUT2D eigenvalue weighted by molar-refractivity contribution is 5.21. The van der Waals surface area contributed by atoms with Gasteiger partial charge in [0.1, 0.15) is 11.9 Å². The minimum Gasteiger partial charge on any atom is -0.509 e. The van der Waals surface area contributed by atoms with Crippen LogP contribution in [0.15, 0.2) is 24.0 Å². The second-order valence-electron chi connectivity index (χ2n) is 2.00. The fourth-order valence-corrected chi connectivity index (χ4v) is 0.683. The van der Waals surface area contributed by atoms with E-state index in [0.717, 1.165) is 0 Å². The van der Waals surface area contributed by atoms with Crippen molar-refractivity contribution in [3.63, 3.8) is 0 Å². The molecular weight excluding hydrogens is 118 g/mol. The maximum Gasteiger partial charge on any atom is 0.129 e. The molecule has 3 heteroatoms. The van der Waals surface area contributed by atoms with Crippen molar-refractivity contribution in [2.24, 2.45) is 5.73 Å². The molecule has 0 spiro atoms. The van der Waals surface area contributed by atoms with Gasteiger partial charge < -0.3 is 15.9 Å². The zero-order chi connectivity index (χ0) is 6.85. The predicted molar refractivity (Wildman–Crippen MR) is 33.8 cm³/mol. The summed E-state index contributed by atoms with van der Waals surface area (Å²) in [6.07, 6.45) is 3.75. The van der Waals surface area contributed by atoms with Crippen LogP contribution < -0.4 is 5.73 Å². The van der Waals surface area contributed by atoms with E-state index in [2.05, 4.69) is 0 Å². The van der Waals surface area contributed by atoms with E-state index in [4.69, 9.17) is 15.9 Å². The van der Waals surface area contributed by atoms with E-state index in [1.165, 1.54) is 6.08 Å². The monoisotopic (exact) mass is 127 g/mol. The van der Waals surface area contributed by atoms with Crippen LogP contribution in [0.5, 0.6) is 0 Å². The standard InChI is InChI=1S/C6H9NO2/c7-4-2-1-3-5(8)6(4)9/h1-4,6,8-9H,7H2. The first-order chi connectivity index (χ1) is 4.22. The van der Waals surface area contributed by atoms with Crippen molar-refractivity contribution in [1.29, 1.82) is 0 Å². The molecule has 50 valence electrons. The van der Waals surface area contributed by atoms with E-state index in [1.807, 2.05) is 0 Å². The third-order valence-electron chi connectivity index (χ3n) is 1.27. The first-order valence-corrected chi connectivity index (χ1v) is 2.73. The number of aliphatic hydroxyl groups is 2. The molecule has 0 amide bonds. The van der Waals surface area contributed by atoms with Crippen molar-refractivity contribution >= 4 is 0 Å². The Hall–Kier alpha value is -0.800. The number of hydrogen-bond acceptors (Lipinski definition) is 3. The summed E-state index contributed by atoms with van der Waals surface area (Å²) in [4.78, 5) is 0. The van der Waals surface area contributed by atoms with Gasteiger partial charge >= 0.3 is 0 Å². The maximum absolute atomic E-state index is 8.95. The van der Waals surface area contributed by atoms with Crippen LogP contribution in [0.1, 0.15) is 0 Å². The van der Waals surface area contributed by atoms with Gasteiger partial charge in [-0.15, -0.1) is 0 Å². The normalized spacial score (nSPS) is 34.2. The van der Waals surface area contributed by atoms with Crippen LogP contribution >= 0.6 is 0 Å². The van der Waals surface area contributed by atoms with Gasteiger partial charge in [-0.1, -0.05) is 12.2 Å². The fraction of sp³-hybridized carbons (Fsp3) is 0.333. The average molecular weight is 127 g/mol. The summed E-state index contributed by atoms with van der Waals surface area (Å²) in [5, 5.41) is 17.8. The smallest absolute Gasteiger partial charge is 0.129 e. The highest BCUT2D eigenvalue weighted by Crippen LogP contribution is 2.07. The topological polar surface area (TPSA) is 66.5 Å². The van der Waals surface area contributed by atoms with Gasteiger partial charge in [-0.25, -0.2) is 0 Å². The number of rotatable bonds is 0. The van der Waals surface area contributed by atoms with E-state index in [0.29, 0.717) is 0 Å². The fourth-order valence-electron chi connectivity index (χ4n) is 0.683. The van der Waals surface area contributed by atoms with Crippen LogP contribution in [0, 0.1) is 0 Å². The number of nitrogens with two attached hydrogens (primary N) is 1. The van der Waals surface area contributed by atoms with Crippen LogP contribution in [0.2, 0.25) is 0 Å². The van der Waals surface area contributed by atoms with Crippen molar-refractivity contribution in [3.8, 4) is 0 Å². The van der Waals surface area contributed by atoms with Crippen molar-refractivity contribution in [2.45, 2.75) is 12.1 Å². The molecule has 1 aliphatic carbocycles. The molecule has 1 rings (SSSR count). The van der Waals surface area contributed by atoms with Crippen LogP contribution in [0.4, 0.5) is 0 Å². The SMILES string of the molecule is NC1C=CC=C(O)C1O. The van der Waals surface area contributed by atoms with Crippen molar-refractivity contribution in [1.82, 2.24) is 0 Å². The molecule has 2 unspecified atom stereocenters. The largest absolute Gasteiger partial charge is 0.509 e. The third kappa shape index (κ3) is 1.12. The minimum absolute atomic E-state index is 0.0648. The lowest BCUT2D eigenvalue weighted by Gasteiger charge is -2.16. The molecule has 0 saturated heterocycles. The lowest BCUT2D eigenvalue weighted by molar-refractivity contribution is 0.139. The molecule has 0 fully saturated rings. The Morgan fingerprint density at radius 1 is 1.56 bits per heavy atom. The van der Waals surface area contributed by atoms with Gasteiger partial charge in [-0.3, -0.25) is 0 Å². The van der Waals surface area contributed by atoms with Crippen LogP contribution in [0.25, 0.3) is 0 Å². The van der Waals surface area contributed by atoms with Crippen molar-refractivity contribution < 1.29 is 10.2 Å². The number of allylic oxidation sites excluding steroid dienone is 2. The zero-order valence-electron chi connectivity index (χ0n) is 4.86. The van der Waals surface area contributed by atoms with Gasteiger partial charge in [0.2, 0.25) is 0 Å². The Labute approximate surface area is 53.1 Å². The molecule has 0 aliphatic heterocycles. The molecule has 0 saturated carbocycles. The Balaban J connectivity index is 2.73. The molecular formula is C6H9NO2. The molecule has 9 heavy (non-hydrogen) atoms. The summed E-state index contributed by atoms with van der Waals surface area (Å²) in [6.45, 7) is 0. The lowest BCUT2D eigenvalue weighted by atomic mass is 10.1. The molecule has 4 N–H and O–H groups in total. The third-order valence-corrected chi connectivity index (χ3v) is 1.27. The van der Waals surface area contributed by atoms with Crippen molar-refractivity contribution in [3.05, 3.63) is 24.0 Å². The quantitative estimate of drug-likeness (QED) is 0.418. The molecule has 0 heterocycles. The van der Waals surface area contributed by atoms with Gasteiger partial charge in [-0.2, -0.15) is 0 Å². The average Bonchev–Trinajstić information content (AvgIpc) is 1.83. The minimum atomic E-state index is -0.921. The summed E-state index contributed by atoms with van der Waals surface area (Å²) in [7, 11) is 0. The van der Waals surface area contributed by atoms with Crippen LogP contribution in [0.3, 0.4) is 0 Å².